The van der Waals surface area contributed by atoms with E-state index in [1.165, 1.54) is 51.6 Å². The van der Waals surface area contributed by atoms with E-state index in [2.05, 4.69) is 12.2 Å². The van der Waals surface area contributed by atoms with Crippen LogP contribution in [0.3, 0.4) is 0 Å². The minimum Gasteiger partial charge on any atom is -0.316 e. The Morgan fingerprint density at radius 3 is 1.77 bits per heavy atom. The van der Waals surface area contributed by atoms with Crippen LogP contribution in [0.5, 0.6) is 0 Å². The van der Waals surface area contributed by atoms with Gasteiger partial charge in [0.05, 0.1) is 0 Å². The normalized spacial score (nSPS) is 34.8. The zero-order valence-electron chi connectivity index (χ0n) is 8.89. The molecule has 0 aromatic rings. The van der Waals surface area contributed by atoms with E-state index < -0.39 is 0 Å². The van der Waals surface area contributed by atoms with Crippen LogP contribution in [-0.2, 0) is 0 Å². The van der Waals surface area contributed by atoms with E-state index in [4.69, 9.17) is 0 Å². The maximum atomic E-state index is 3.63. The summed E-state index contributed by atoms with van der Waals surface area (Å²) in [6.45, 7) is 4.99. The monoisotopic (exact) mass is 181 g/mol. The van der Waals surface area contributed by atoms with Crippen molar-refractivity contribution in [1.82, 2.24) is 5.32 Å². The highest BCUT2D eigenvalue weighted by molar-refractivity contribution is 4.77. The van der Waals surface area contributed by atoms with E-state index >= 15 is 0 Å². The molecule has 0 aliphatic heterocycles. The highest BCUT2D eigenvalue weighted by atomic mass is 14.9. The third kappa shape index (κ3) is 3.30. The Hall–Kier alpha value is -0.0400. The first kappa shape index (κ1) is 9.51. The SMILES string of the molecule is CC1CCC(CNCC2CC2)CC1. The van der Waals surface area contributed by atoms with Gasteiger partial charge in [0.25, 0.3) is 0 Å². The molecule has 1 heteroatoms. The van der Waals surface area contributed by atoms with Crippen molar-refractivity contribution in [3.05, 3.63) is 0 Å². The van der Waals surface area contributed by atoms with Crippen molar-refractivity contribution in [3.8, 4) is 0 Å². The zero-order valence-corrected chi connectivity index (χ0v) is 8.89. The van der Waals surface area contributed by atoms with E-state index in [1.807, 2.05) is 0 Å². The van der Waals surface area contributed by atoms with Crippen molar-refractivity contribution >= 4 is 0 Å². The van der Waals surface area contributed by atoms with Crippen LogP contribution in [0, 0.1) is 17.8 Å². The molecule has 0 amide bonds. The van der Waals surface area contributed by atoms with Gasteiger partial charge in [-0.15, -0.1) is 0 Å². The summed E-state index contributed by atoms with van der Waals surface area (Å²) in [6.07, 6.45) is 8.84. The molecule has 1 nitrogen and oxygen atoms in total. The standard InChI is InChI=1S/C12H23N/c1-10-2-4-11(5-3-10)8-13-9-12-6-7-12/h10-13H,2-9H2,1H3. The Balaban J connectivity index is 1.53. The van der Waals surface area contributed by atoms with Crippen LogP contribution < -0.4 is 5.32 Å². The minimum absolute atomic E-state index is 0.995. The first-order valence-electron chi connectivity index (χ1n) is 6.05. The Labute approximate surface area is 82.3 Å². The minimum atomic E-state index is 0.995. The number of hydrogen-bond acceptors (Lipinski definition) is 1. The third-order valence-electron chi connectivity index (χ3n) is 3.70. The van der Waals surface area contributed by atoms with Gasteiger partial charge in [-0.05, 0) is 56.5 Å². The molecular formula is C12H23N. The first-order chi connectivity index (χ1) is 6.34. The highest BCUT2D eigenvalue weighted by Crippen LogP contribution is 2.29. The fourth-order valence-electron chi connectivity index (χ4n) is 2.35. The quantitative estimate of drug-likeness (QED) is 0.703. The molecule has 0 saturated heterocycles. The van der Waals surface area contributed by atoms with Crippen LogP contribution in [0.25, 0.3) is 0 Å². The van der Waals surface area contributed by atoms with Crippen molar-refractivity contribution in [2.75, 3.05) is 13.1 Å². The summed E-state index contributed by atoms with van der Waals surface area (Å²) in [5.41, 5.74) is 0. The van der Waals surface area contributed by atoms with Gasteiger partial charge in [-0.2, -0.15) is 0 Å². The van der Waals surface area contributed by atoms with E-state index in [1.54, 1.807) is 0 Å². The van der Waals surface area contributed by atoms with E-state index in [9.17, 15) is 0 Å². The third-order valence-corrected chi connectivity index (χ3v) is 3.70. The van der Waals surface area contributed by atoms with Gasteiger partial charge >= 0.3 is 0 Å². The summed E-state index contributed by atoms with van der Waals surface area (Å²) < 4.78 is 0. The zero-order chi connectivity index (χ0) is 9.10. The van der Waals surface area contributed by atoms with Gasteiger partial charge in [-0.3, -0.25) is 0 Å². The van der Waals surface area contributed by atoms with E-state index in [-0.39, 0.29) is 0 Å². The predicted octanol–water partition coefficient (Wildman–Crippen LogP) is 2.81. The van der Waals surface area contributed by atoms with Crippen molar-refractivity contribution in [2.24, 2.45) is 17.8 Å². The summed E-state index contributed by atoms with van der Waals surface area (Å²) in [6, 6.07) is 0. The van der Waals surface area contributed by atoms with Crippen LogP contribution in [0.4, 0.5) is 0 Å². The average molecular weight is 181 g/mol. The first-order valence-corrected chi connectivity index (χ1v) is 6.05. The van der Waals surface area contributed by atoms with Gasteiger partial charge in [-0.1, -0.05) is 19.8 Å². The number of hydrogen-bond donors (Lipinski definition) is 1. The molecule has 1 N–H and O–H groups in total. The molecule has 0 aromatic heterocycles. The Kier molecular flexibility index (Phi) is 3.26. The topological polar surface area (TPSA) is 12.0 Å². The second-order valence-electron chi connectivity index (χ2n) is 5.23. The number of nitrogens with one attached hydrogen (secondary N) is 1. The summed E-state index contributed by atoms with van der Waals surface area (Å²) >= 11 is 0. The molecule has 0 aromatic carbocycles. The molecule has 2 fully saturated rings. The van der Waals surface area contributed by atoms with Gasteiger partial charge in [0.15, 0.2) is 0 Å². The van der Waals surface area contributed by atoms with Crippen molar-refractivity contribution in [2.45, 2.75) is 45.4 Å². The summed E-state index contributed by atoms with van der Waals surface area (Å²) in [4.78, 5) is 0. The fourth-order valence-corrected chi connectivity index (χ4v) is 2.35. The summed E-state index contributed by atoms with van der Waals surface area (Å²) in [5.74, 6) is 3.04. The molecule has 2 saturated carbocycles. The lowest BCUT2D eigenvalue weighted by Crippen LogP contribution is -2.27. The largest absolute Gasteiger partial charge is 0.316 e. The molecular weight excluding hydrogens is 158 g/mol. The van der Waals surface area contributed by atoms with Crippen LogP contribution in [0.1, 0.15) is 45.4 Å². The molecule has 0 heterocycles. The second kappa shape index (κ2) is 4.45. The summed E-state index contributed by atoms with van der Waals surface area (Å²) in [7, 11) is 0. The highest BCUT2D eigenvalue weighted by Gasteiger charge is 2.22. The van der Waals surface area contributed by atoms with E-state index in [0.29, 0.717) is 0 Å². The molecule has 0 bridgehead atoms. The van der Waals surface area contributed by atoms with E-state index in [0.717, 1.165) is 17.8 Å². The molecule has 13 heavy (non-hydrogen) atoms. The molecule has 0 atom stereocenters. The van der Waals surface area contributed by atoms with Crippen LogP contribution >= 0.6 is 0 Å². The molecule has 2 rings (SSSR count). The van der Waals surface area contributed by atoms with Crippen LogP contribution in [-0.4, -0.2) is 13.1 Å². The van der Waals surface area contributed by atoms with Gasteiger partial charge in [-0.25, -0.2) is 0 Å². The van der Waals surface area contributed by atoms with Gasteiger partial charge < -0.3 is 5.32 Å². The molecule has 2 aliphatic carbocycles. The lowest BCUT2D eigenvalue weighted by atomic mass is 9.83. The molecule has 0 spiro atoms. The Morgan fingerprint density at radius 1 is 0.846 bits per heavy atom. The lowest BCUT2D eigenvalue weighted by molar-refractivity contribution is 0.281. The van der Waals surface area contributed by atoms with Gasteiger partial charge in [0.1, 0.15) is 0 Å². The van der Waals surface area contributed by atoms with Crippen LogP contribution in [0.2, 0.25) is 0 Å². The Bertz CT molecular complexity index is 143. The van der Waals surface area contributed by atoms with Crippen molar-refractivity contribution in [1.29, 1.82) is 0 Å². The lowest BCUT2D eigenvalue weighted by Gasteiger charge is -2.26. The maximum absolute atomic E-state index is 3.63. The van der Waals surface area contributed by atoms with Crippen LogP contribution in [0.15, 0.2) is 0 Å². The summed E-state index contributed by atoms with van der Waals surface area (Å²) in [5, 5.41) is 3.63. The molecule has 0 radical (unpaired) electrons. The number of rotatable bonds is 4. The molecule has 76 valence electrons. The molecule has 2 aliphatic rings. The maximum Gasteiger partial charge on any atom is -0.00204 e. The van der Waals surface area contributed by atoms with Gasteiger partial charge in [0, 0.05) is 0 Å². The average Bonchev–Trinajstić information content (AvgIpc) is 2.92. The predicted molar refractivity (Wildman–Crippen MR) is 56.7 cm³/mol. The smallest absolute Gasteiger partial charge is 0.00204 e. The fraction of sp³-hybridized carbons (Fsp3) is 1.00. The van der Waals surface area contributed by atoms with Gasteiger partial charge in [0.2, 0.25) is 0 Å². The molecule has 0 unspecified atom stereocenters. The second-order valence-corrected chi connectivity index (χ2v) is 5.23. The van der Waals surface area contributed by atoms with Crippen molar-refractivity contribution < 1.29 is 0 Å². The van der Waals surface area contributed by atoms with Crippen molar-refractivity contribution in [3.63, 3.8) is 0 Å². The Morgan fingerprint density at radius 2 is 1.31 bits per heavy atom.